The van der Waals surface area contributed by atoms with Gasteiger partial charge in [0.15, 0.2) is 5.78 Å². The number of terminal acetylenes is 2. The Hall–Kier alpha value is -3.38. The largest absolute Gasteiger partial charge is 0.480 e. The van der Waals surface area contributed by atoms with Crippen LogP contribution in [0, 0.1) is 24.7 Å². The maximum absolute atomic E-state index is 11.4. The van der Waals surface area contributed by atoms with Crippen LogP contribution in [0.15, 0.2) is 60.7 Å². The molecule has 0 heterocycles. The molecular formula is C25H28N2O3. The van der Waals surface area contributed by atoms with Crippen LogP contribution in [-0.2, 0) is 22.4 Å². The topological polar surface area (TPSA) is 106 Å². The van der Waals surface area contributed by atoms with E-state index >= 15 is 0 Å². The number of carbonyl (C=O) groups excluding carboxylic acids is 1. The third kappa shape index (κ3) is 7.56. The van der Waals surface area contributed by atoms with Crippen molar-refractivity contribution in [2.24, 2.45) is 11.5 Å². The summed E-state index contributed by atoms with van der Waals surface area (Å²) in [6.07, 6.45) is 11.4. The van der Waals surface area contributed by atoms with Gasteiger partial charge in [-0.3, -0.25) is 9.59 Å². The molecule has 0 amide bonds. The van der Waals surface area contributed by atoms with Gasteiger partial charge >= 0.3 is 5.97 Å². The van der Waals surface area contributed by atoms with Crippen LogP contribution in [0.2, 0.25) is 0 Å². The van der Waals surface area contributed by atoms with Gasteiger partial charge in [0.1, 0.15) is 5.54 Å². The molecular weight excluding hydrogens is 376 g/mol. The van der Waals surface area contributed by atoms with Gasteiger partial charge in [0.25, 0.3) is 0 Å². The van der Waals surface area contributed by atoms with Crippen molar-refractivity contribution >= 4 is 11.8 Å². The normalized spacial score (nSPS) is 13.9. The quantitative estimate of drug-likeness (QED) is 0.586. The molecule has 156 valence electrons. The van der Waals surface area contributed by atoms with Gasteiger partial charge in [0.2, 0.25) is 0 Å². The van der Waals surface area contributed by atoms with E-state index in [1.807, 2.05) is 60.7 Å². The minimum Gasteiger partial charge on any atom is -0.480 e. The Bertz CT molecular complexity index is 835. The lowest BCUT2D eigenvalue weighted by Crippen LogP contribution is -2.49. The lowest BCUT2D eigenvalue weighted by atomic mass is 9.85. The summed E-state index contributed by atoms with van der Waals surface area (Å²) in [5, 5.41) is 9.00. The lowest BCUT2D eigenvalue weighted by molar-refractivity contribution is -0.143. The number of hydrogen-bond acceptors (Lipinski definition) is 4. The molecule has 0 aromatic heterocycles. The van der Waals surface area contributed by atoms with E-state index in [0.29, 0.717) is 6.42 Å². The number of carboxylic acids is 1. The highest BCUT2D eigenvalue weighted by Crippen LogP contribution is 2.16. The van der Waals surface area contributed by atoms with Gasteiger partial charge in [-0.2, -0.15) is 0 Å². The van der Waals surface area contributed by atoms with Crippen LogP contribution in [0.1, 0.15) is 30.9 Å². The average Bonchev–Trinajstić information content (AvgIpc) is 2.70. The fourth-order valence-electron chi connectivity index (χ4n) is 2.81. The summed E-state index contributed by atoms with van der Waals surface area (Å²) in [6.45, 7) is 1.49. The van der Waals surface area contributed by atoms with Crippen LogP contribution in [0.5, 0.6) is 0 Å². The standard InChI is InChI=1S/C13H15NO.C12H13NO2/c1-3-9-13(14,11(2)15)10-12-7-5-4-6-8-12;1-2-8-12(13,11(14)15)9-10-6-4-3-5-7-10/h1,4-8H,9-10,14H2,2H3;1,3-7H,8-9,13H2,(H,14,15)/t13-;12-/m00/s1. The lowest BCUT2D eigenvalue weighted by Gasteiger charge is -2.24. The summed E-state index contributed by atoms with van der Waals surface area (Å²) in [5.41, 5.74) is 11.4. The second kappa shape index (κ2) is 11.6. The van der Waals surface area contributed by atoms with Crippen molar-refractivity contribution in [1.29, 1.82) is 0 Å². The Morgan fingerprint density at radius 3 is 1.53 bits per heavy atom. The van der Waals surface area contributed by atoms with E-state index in [1.165, 1.54) is 6.92 Å². The monoisotopic (exact) mass is 404 g/mol. The van der Waals surface area contributed by atoms with E-state index in [4.69, 9.17) is 29.4 Å². The molecule has 30 heavy (non-hydrogen) atoms. The minimum absolute atomic E-state index is 0.0250. The average molecular weight is 405 g/mol. The minimum atomic E-state index is -1.36. The van der Waals surface area contributed by atoms with Crippen LogP contribution < -0.4 is 11.5 Å². The zero-order valence-electron chi connectivity index (χ0n) is 17.2. The predicted molar refractivity (Wildman–Crippen MR) is 119 cm³/mol. The van der Waals surface area contributed by atoms with Gasteiger partial charge in [-0.25, -0.2) is 0 Å². The fraction of sp³-hybridized carbons (Fsp3) is 0.280. The molecule has 0 spiro atoms. The van der Waals surface area contributed by atoms with E-state index in [0.717, 1.165) is 11.1 Å². The van der Waals surface area contributed by atoms with E-state index in [1.54, 1.807) is 0 Å². The molecule has 2 aromatic rings. The van der Waals surface area contributed by atoms with E-state index in [-0.39, 0.29) is 25.0 Å². The van der Waals surface area contributed by atoms with Crippen molar-refractivity contribution < 1.29 is 14.7 Å². The molecule has 5 N–H and O–H groups in total. The Morgan fingerprint density at radius 1 is 0.833 bits per heavy atom. The number of rotatable bonds is 8. The van der Waals surface area contributed by atoms with Gasteiger partial charge < -0.3 is 16.6 Å². The third-order valence-electron chi connectivity index (χ3n) is 4.69. The highest BCUT2D eigenvalue weighted by molar-refractivity contribution is 5.86. The maximum Gasteiger partial charge on any atom is 0.325 e. The number of carbonyl (C=O) groups is 2. The van der Waals surface area contributed by atoms with E-state index in [2.05, 4.69) is 11.8 Å². The molecule has 0 fully saturated rings. The van der Waals surface area contributed by atoms with Gasteiger partial charge in [-0.05, 0) is 24.5 Å². The first kappa shape index (κ1) is 24.7. The molecule has 2 aromatic carbocycles. The number of Topliss-reactive ketones (excluding diaryl/α,β-unsaturated/α-hetero) is 1. The molecule has 2 rings (SSSR count). The predicted octanol–water partition coefficient (Wildman–Crippen LogP) is 2.57. The molecule has 0 aliphatic rings. The second-order valence-corrected chi connectivity index (χ2v) is 7.26. The van der Waals surface area contributed by atoms with Crippen molar-refractivity contribution in [3.8, 4) is 24.7 Å². The van der Waals surface area contributed by atoms with Crippen LogP contribution in [0.25, 0.3) is 0 Å². The Labute approximate surface area is 178 Å². The summed E-state index contributed by atoms with van der Waals surface area (Å²) in [6, 6.07) is 18.9. The zero-order chi connectivity index (χ0) is 22.6. The first-order valence-corrected chi connectivity index (χ1v) is 9.44. The number of carboxylic acid groups (broad SMARTS) is 1. The first-order chi connectivity index (χ1) is 14.2. The van der Waals surface area contributed by atoms with Crippen molar-refractivity contribution in [2.75, 3.05) is 0 Å². The van der Waals surface area contributed by atoms with Crippen LogP contribution in [0.4, 0.5) is 0 Å². The summed E-state index contributed by atoms with van der Waals surface area (Å²) in [7, 11) is 0. The van der Waals surface area contributed by atoms with E-state index in [9.17, 15) is 9.59 Å². The number of hydrogen-bond donors (Lipinski definition) is 3. The van der Waals surface area contributed by atoms with Crippen molar-refractivity contribution in [2.45, 2.75) is 43.7 Å². The molecule has 5 nitrogen and oxygen atoms in total. The Kier molecular flexibility index (Phi) is 9.52. The summed E-state index contributed by atoms with van der Waals surface area (Å²) < 4.78 is 0. The Balaban J connectivity index is 0.000000300. The smallest absolute Gasteiger partial charge is 0.325 e. The first-order valence-electron chi connectivity index (χ1n) is 9.44. The second-order valence-electron chi connectivity index (χ2n) is 7.26. The maximum atomic E-state index is 11.4. The molecule has 0 unspecified atom stereocenters. The van der Waals surface area contributed by atoms with Crippen molar-refractivity contribution in [3.63, 3.8) is 0 Å². The van der Waals surface area contributed by atoms with Gasteiger partial charge in [0.05, 0.1) is 5.54 Å². The van der Waals surface area contributed by atoms with Crippen molar-refractivity contribution in [1.82, 2.24) is 0 Å². The summed E-state index contributed by atoms with van der Waals surface area (Å²) >= 11 is 0. The molecule has 0 saturated carbocycles. The van der Waals surface area contributed by atoms with Crippen molar-refractivity contribution in [3.05, 3.63) is 71.8 Å². The van der Waals surface area contributed by atoms with Crippen LogP contribution in [-0.4, -0.2) is 27.9 Å². The molecule has 2 atom stereocenters. The van der Waals surface area contributed by atoms with Crippen LogP contribution in [0.3, 0.4) is 0 Å². The third-order valence-corrected chi connectivity index (χ3v) is 4.69. The van der Waals surface area contributed by atoms with Gasteiger partial charge in [-0.1, -0.05) is 60.7 Å². The molecule has 0 aliphatic carbocycles. The van der Waals surface area contributed by atoms with Gasteiger partial charge in [0, 0.05) is 19.3 Å². The molecule has 0 saturated heterocycles. The Morgan fingerprint density at radius 2 is 1.20 bits per heavy atom. The molecule has 0 radical (unpaired) electrons. The molecule has 0 aliphatic heterocycles. The number of benzene rings is 2. The van der Waals surface area contributed by atoms with Crippen LogP contribution >= 0.6 is 0 Å². The highest BCUT2D eigenvalue weighted by atomic mass is 16.4. The van der Waals surface area contributed by atoms with Gasteiger partial charge in [-0.15, -0.1) is 24.7 Å². The van der Waals surface area contributed by atoms with E-state index < -0.39 is 17.0 Å². The highest BCUT2D eigenvalue weighted by Gasteiger charge is 2.33. The number of aliphatic carboxylic acids is 1. The molecule has 5 heteroatoms. The number of nitrogens with two attached hydrogens (primary N) is 2. The molecule has 0 bridgehead atoms. The summed E-state index contributed by atoms with van der Waals surface area (Å²) in [5.74, 6) is 3.64. The fourth-order valence-corrected chi connectivity index (χ4v) is 2.81. The SMILES string of the molecule is C#CC[C@](N)(Cc1ccccc1)C(=O)O.C#CC[C@](N)(Cc1ccccc1)C(C)=O. The number of ketones is 1. The zero-order valence-corrected chi connectivity index (χ0v) is 17.2. The summed E-state index contributed by atoms with van der Waals surface area (Å²) in [4.78, 5) is 22.4.